The summed E-state index contributed by atoms with van der Waals surface area (Å²) in [5, 5.41) is 5.17. The van der Waals surface area contributed by atoms with Gasteiger partial charge in [-0.3, -0.25) is 14.5 Å². The van der Waals surface area contributed by atoms with E-state index >= 15 is 0 Å². The molecule has 1 aromatic rings. The van der Waals surface area contributed by atoms with Crippen LogP contribution in [0.25, 0.3) is 0 Å². The van der Waals surface area contributed by atoms with Gasteiger partial charge in [-0.25, -0.2) is 0 Å². The molecule has 2 fully saturated rings. The summed E-state index contributed by atoms with van der Waals surface area (Å²) in [6.07, 6.45) is 5.23. The zero-order valence-corrected chi connectivity index (χ0v) is 18.0. The van der Waals surface area contributed by atoms with Gasteiger partial charge >= 0.3 is 0 Å². The van der Waals surface area contributed by atoms with Gasteiger partial charge in [-0.15, -0.1) is 11.3 Å². The molecule has 28 heavy (non-hydrogen) atoms. The SMILES string of the molecule is CN(C)CCNC(=O)C(C1CCCC1)N1CCN(C(=O)Cc2cccs2)CC1. The van der Waals surface area contributed by atoms with Crippen molar-refractivity contribution in [2.24, 2.45) is 5.92 Å². The first-order chi connectivity index (χ1) is 13.5. The van der Waals surface area contributed by atoms with Crippen LogP contribution in [0.1, 0.15) is 30.6 Å². The van der Waals surface area contributed by atoms with Gasteiger partial charge in [0.1, 0.15) is 0 Å². The van der Waals surface area contributed by atoms with Crippen molar-refractivity contribution in [3.63, 3.8) is 0 Å². The maximum Gasteiger partial charge on any atom is 0.237 e. The number of nitrogens with one attached hydrogen (secondary N) is 1. The summed E-state index contributed by atoms with van der Waals surface area (Å²) in [5.74, 6) is 0.829. The number of carbonyl (C=O) groups is 2. The van der Waals surface area contributed by atoms with Crippen LogP contribution in [-0.2, 0) is 16.0 Å². The van der Waals surface area contributed by atoms with E-state index in [1.54, 1.807) is 11.3 Å². The van der Waals surface area contributed by atoms with Crippen molar-refractivity contribution >= 4 is 23.2 Å². The van der Waals surface area contributed by atoms with Crippen LogP contribution in [0.4, 0.5) is 0 Å². The molecule has 1 unspecified atom stereocenters. The van der Waals surface area contributed by atoms with E-state index in [0.717, 1.165) is 50.4 Å². The minimum atomic E-state index is -0.0424. The number of amides is 2. The van der Waals surface area contributed by atoms with Crippen molar-refractivity contribution in [3.8, 4) is 0 Å². The Kier molecular flexibility index (Phi) is 7.88. The van der Waals surface area contributed by atoms with E-state index in [2.05, 4.69) is 15.1 Å². The fourth-order valence-electron chi connectivity index (χ4n) is 4.38. The molecule has 1 aliphatic heterocycles. The molecule has 2 amide bonds. The predicted octanol–water partition coefficient (Wildman–Crippen LogP) is 1.67. The first-order valence-electron chi connectivity index (χ1n) is 10.5. The van der Waals surface area contributed by atoms with Crippen LogP contribution < -0.4 is 5.32 Å². The molecule has 7 heteroatoms. The van der Waals surface area contributed by atoms with Crippen molar-refractivity contribution < 1.29 is 9.59 Å². The summed E-state index contributed by atoms with van der Waals surface area (Å²) in [6.45, 7) is 4.57. The third-order valence-electron chi connectivity index (χ3n) is 5.94. The van der Waals surface area contributed by atoms with Gasteiger partial charge in [-0.05, 0) is 44.3 Å². The monoisotopic (exact) mass is 406 g/mol. The van der Waals surface area contributed by atoms with Crippen LogP contribution in [0.5, 0.6) is 0 Å². The number of piperazine rings is 1. The molecule has 1 saturated carbocycles. The average Bonchev–Trinajstić information content (AvgIpc) is 3.36. The molecule has 0 radical (unpaired) electrons. The summed E-state index contributed by atoms with van der Waals surface area (Å²) in [5.41, 5.74) is 0. The highest BCUT2D eigenvalue weighted by Gasteiger charge is 2.37. The molecule has 1 N–H and O–H groups in total. The Labute approximate surface area is 172 Å². The zero-order chi connectivity index (χ0) is 19.9. The number of carbonyl (C=O) groups excluding carboxylic acids is 2. The number of hydrogen-bond donors (Lipinski definition) is 1. The minimum Gasteiger partial charge on any atom is -0.353 e. The van der Waals surface area contributed by atoms with Gasteiger partial charge in [0.05, 0.1) is 12.5 Å². The van der Waals surface area contributed by atoms with Gasteiger partial charge in [-0.1, -0.05) is 18.9 Å². The summed E-state index contributed by atoms with van der Waals surface area (Å²) in [7, 11) is 4.04. The van der Waals surface area contributed by atoms with Gasteiger partial charge in [0.25, 0.3) is 0 Å². The second kappa shape index (κ2) is 10.4. The molecule has 1 aliphatic carbocycles. The van der Waals surface area contributed by atoms with E-state index in [0.29, 0.717) is 18.9 Å². The molecule has 1 atom stereocenters. The van der Waals surface area contributed by atoms with Crippen molar-refractivity contribution in [1.82, 2.24) is 20.0 Å². The van der Waals surface area contributed by atoms with Crippen molar-refractivity contribution in [2.75, 3.05) is 53.4 Å². The molecule has 2 aliphatic rings. The summed E-state index contributed by atoms with van der Waals surface area (Å²) in [6, 6.07) is 3.97. The quantitative estimate of drug-likeness (QED) is 0.714. The first-order valence-corrected chi connectivity index (χ1v) is 11.4. The third-order valence-corrected chi connectivity index (χ3v) is 6.82. The maximum absolute atomic E-state index is 13.0. The molecule has 0 spiro atoms. The average molecular weight is 407 g/mol. The van der Waals surface area contributed by atoms with Gasteiger partial charge in [0.2, 0.25) is 11.8 Å². The molecule has 2 heterocycles. The Morgan fingerprint density at radius 2 is 1.93 bits per heavy atom. The smallest absolute Gasteiger partial charge is 0.237 e. The molecule has 3 rings (SSSR count). The number of hydrogen-bond acceptors (Lipinski definition) is 5. The molecule has 6 nitrogen and oxygen atoms in total. The van der Waals surface area contributed by atoms with E-state index in [1.807, 2.05) is 36.5 Å². The van der Waals surface area contributed by atoms with Gasteiger partial charge in [0, 0.05) is 44.1 Å². The maximum atomic E-state index is 13.0. The molecular formula is C21H34N4O2S. The Bertz CT molecular complexity index is 620. The van der Waals surface area contributed by atoms with E-state index in [4.69, 9.17) is 0 Å². The fraction of sp³-hybridized carbons (Fsp3) is 0.714. The molecular weight excluding hydrogens is 372 g/mol. The standard InChI is InChI=1S/C21H34N4O2S/c1-23(2)10-9-22-21(27)20(17-6-3-4-7-17)25-13-11-24(12-14-25)19(26)16-18-8-5-15-28-18/h5,8,15,17,20H,3-4,6-7,9-14,16H2,1-2H3,(H,22,27). The second-order valence-corrected chi connectivity index (χ2v) is 9.29. The Morgan fingerprint density at radius 1 is 1.21 bits per heavy atom. The Balaban J connectivity index is 1.54. The van der Waals surface area contributed by atoms with Gasteiger partial charge in [-0.2, -0.15) is 0 Å². The van der Waals surface area contributed by atoms with Crippen molar-refractivity contribution in [2.45, 2.75) is 38.1 Å². The molecule has 0 bridgehead atoms. The van der Waals surface area contributed by atoms with Crippen LogP contribution in [0, 0.1) is 5.92 Å². The highest BCUT2D eigenvalue weighted by molar-refractivity contribution is 7.10. The zero-order valence-electron chi connectivity index (χ0n) is 17.2. The molecule has 0 aromatic carbocycles. The van der Waals surface area contributed by atoms with E-state index < -0.39 is 0 Å². The molecule has 156 valence electrons. The summed E-state index contributed by atoms with van der Waals surface area (Å²) in [4.78, 5) is 33.1. The Morgan fingerprint density at radius 3 is 2.54 bits per heavy atom. The van der Waals surface area contributed by atoms with E-state index in [1.165, 1.54) is 12.8 Å². The largest absolute Gasteiger partial charge is 0.353 e. The highest BCUT2D eigenvalue weighted by atomic mass is 32.1. The van der Waals surface area contributed by atoms with Crippen molar-refractivity contribution in [3.05, 3.63) is 22.4 Å². The number of thiophene rings is 1. The first kappa shape index (κ1) is 21.3. The van der Waals surface area contributed by atoms with E-state index in [9.17, 15) is 9.59 Å². The lowest BCUT2D eigenvalue weighted by atomic mass is 9.95. The summed E-state index contributed by atoms with van der Waals surface area (Å²) < 4.78 is 0. The van der Waals surface area contributed by atoms with Gasteiger partial charge < -0.3 is 15.1 Å². The number of rotatable bonds is 8. The third kappa shape index (κ3) is 5.78. The van der Waals surface area contributed by atoms with E-state index in [-0.39, 0.29) is 17.9 Å². The Hall–Kier alpha value is -1.44. The highest BCUT2D eigenvalue weighted by Crippen LogP contribution is 2.31. The lowest BCUT2D eigenvalue weighted by molar-refractivity contribution is -0.134. The van der Waals surface area contributed by atoms with Crippen LogP contribution in [0.3, 0.4) is 0 Å². The predicted molar refractivity (Wildman–Crippen MR) is 113 cm³/mol. The normalized spacial score (nSPS) is 19.9. The molecule has 1 aromatic heterocycles. The fourth-order valence-corrected chi connectivity index (χ4v) is 5.08. The van der Waals surface area contributed by atoms with Gasteiger partial charge in [0.15, 0.2) is 0 Å². The lowest BCUT2D eigenvalue weighted by Gasteiger charge is -2.40. The number of likely N-dealkylation sites (N-methyl/N-ethyl adjacent to an activating group) is 1. The molecule has 1 saturated heterocycles. The topological polar surface area (TPSA) is 55.9 Å². The van der Waals surface area contributed by atoms with Crippen LogP contribution >= 0.6 is 11.3 Å². The van der Waals surface area contributed by atoms with Crippen LogP contribution in [0.15, 0.2) is 17.5 Å². The second-order valence-electron chi connectivity index (χ2n) is 8.26. The van der Waals surface area contributed by atoms with Crippen LogP contribution in [0.2, 0.25) is 0 Å². The van der Waals surface area contributed by atoms with Crippen LogP contribution in [-0.4, -0.2) is 85.9 Å². The number of nitrogens with zero attached hydrogens (tertiary/aromatic N) is 3. The lowest BCUT2D eigenvalue weighted by Crippen LogP contribution is -2.58. The van der Waals surface area contributed by atoms with Crippen molar-refractivity contribution in [1.29, 1.82) is 0 Å². The minimum absolute atomic E-state index is 0.0424. The summed E-state index contributed by atoms with van der Waals surface area (Å²) >= 11 is 1.64.